The molecule has 16 heavy (non-hydrogen) atoms. The lowest BCUT2D eigenvalue weighted by atomic mass is 10.1. The summed E-state index contributed by atoms with van der Waals surface area (Å²) in [5.74, 6) is -0.425. The molecule has 0 aliphatic heterocycles. The number of aromatic nitrogens is 1. The third-order valence-electron chi connectivity index (χ3n) is 3.10. The highest BCUT2D eigenvalue weighted by Gasteiger charge is 2.19. The number of rotatable bonds is 0. The summed E-state index contributed by atoms with van der Waals surface area (Å²) in [6, 6.07) is 2.71. The highest BCUT2D eigenvalue weighted by molar-refractivity contribution is 6.35. The van der Waals surface area contributed by atoms with Crippen LogP contribution in [0.2, 0.25) is 5.02 Å². The molecule has 0 amide bonds. The van der Waals surface area contributed by atoms with Gasteiger partial charge in [-0.25, -0.2) is 4.39 Å². The van der Waals surface area contributed by atoms with E-state index in [9.17, 15) is 9.18 Å². The van der Waals surface area contributed by atoms with Crippen LogP contribution in [0.5, 0.6) is 0 Å². The van der Waals surface area contributed by atoms with Crippen molar-refractivity contribution < 1.29 is 4.39 Å². The summed E-state index contributed by atoms with van der Waals surface area (Å²) in [5, 5.41) is 0.592. The Morgan fingerprint density at radius 2 is 2.12 bits per heavy atom. The fourth-order valence-corrected chi connectivity index (χ4v) is 2.57. The highest BCUT2D eigenvalue weighted by atomic mass is 35.5. The van der Waals surface area contributed by atoms with E-state index in [4.69, 9.17) is 11.6 Å². The molecule has 0 bridgehead atoms. The van der Waals surface area contributed by atoms with E-state index >= 15 is 0 Å². The summed E-state index contributed by atoms with van der Waals surface area (Å²) < 4.78 is 13.6. The van der Waals surface area contributed by atoms with Crippen LogP contribution in [-0.2, 0) is 12.8 Å². The van der Waals surface area contributed by atoms with Crippen LogP contribution >= 0.6 is 11.6 Å². The monoisotopic (exact) mass is 237 g/mol. The molecule has 82 valence electrons. The van der Waals surface area contributed by atoms with E-state index in [1.807, 2.05) is 0 Å². The van der Waals surface area contributed by atoms with Crippen molar-refractivity contribution in [3.8, 4) is 0 Å². The smallest absolute Gasteiger partial charge is 0.194 e. The van der Waals surface area contributed by atoms with Gasteiger partial charge < -0.3 is 4.98 Å². The summed E-state index contributed by atoms with van der Waals surface area (Å²) in [7, 11) is 0. The number of hydrogen-bond acceptors (Lipinski definition) is 1. The van der Waals surface area contributed by atoms with Gasteiger partial charge >= 0.3 is 0 Å². The Morgan fingerprint density at radius 3 is 2.94 bits per heavy atom. The first-order chi connectivity index (χ1) is 7.68. The van der Waals surface area contributed by atoms with Crippen molar-refractivity contribution in [2.24, 2.45) is 0 Å². The van der Waals surface area contributed by atoms with Gasteiger partial charge in [0.2, 0.25) is 0 Å². The van der Waals surface area contributed by atoms with Gasteiger partial charge in [0.15, 0.2) is 5.43 Å². The minimum absolute atomic E-state index is 0.120. The third kappa shape index (κ3) is 1.21. The van der Waals surface area contributed by atoms with Crippen molar-refractivity contribution in [3.63, 3.8) is 0 Å². The zero-order valence-corrected chi connectivity index (χ0v) is 9.20. The quantitative estimate of drug-likeness (QED) is 0.751. The Morgan fingerprint density at radius 1 is 1.31 bits per heavy atom. The second kappa shape index (κ2) is 3.32. The normalized spacial score (nSPS) is 14.4. The number of fused-ring (bicyclic) bond motifs is 2. The first-order valence-corrected chi connectivity index (χ1v) is 5.58. The number of halogens is 2. The minimum atomic E-state index is -0.425. The van der Waals surface area contributed by atoms with Gasteiger partial charge in [-0.15, -0.1) is 0 Å². The molecule has 2 nitrogen and oxygen atoms in total. The molecule has 4 heteroatoms. The van der Waals surface area contributed by atoms with E-state index in [-0.39, 0.29) is 16.3 Å². The molecule has 0 unspecified atom stereocenters. The van der Waals surface area contributed by atoms with Gasteiger partial charge in [-0.3, -0.25) is 4.79 Å². The molecule has 1 heterocycles. The fraction of sp³-hybridized carbons (Fsp3) is 0.250. The average Bonchev–Trinajstić information content (AvgIpc) is 2.72. The van der Waals surface area contributed by atoms with E-state index in [1.165, 1.54) is 12.1 Å². The Bertz CT molecular complexity index is 647. The predicted molar refractivity (Wildman–Crippen MR) is 61.6 cm³/mol. The number of H-pyrrole nitrogens is 1. The zero-order chi connectivity index (χ0) is 11.3. The van der Waals surface area contributed by atoms with Crippen molar-refractivity contribution in [2.45, 2.75) is 19.3 Å². The van der Waals surface area contributed by atoms with Crippen molar-refractivity contribution in [1.29, 1.82) is 0 Å². The van der Waals surface area contributed by atoms with E-state index < -0.39 is 5.82 Å². The minimum Gasteiger partial charge on any atom is -0.356 e. The Labute approximate surface area is 96.1 Å². The largest absolute Gasteiger partial charge is 0.356 e. The van der Waals surface area contributed by atoms with Gasteiger partial charge in [0.05, 0.1) is 15.9 Å². The molecule has 1 aromatic heterocycles. The van der Waals surface area contributed by atoms with E-state index in [1.54, 1.807) is 0 Å². The van der Waals surface area contributed by atoms with E-state index in [2.05, 4.69) is 4.98 Å². The molecule has 0 radical (unpaired) electrons. The lowest BCUT2D eigenvalue weighted by Crippen LogP contribution is -2.11. The van der Waals surface area contributed by atoms with Gasteiger partial charge in [-0.1, -0.05) is 11.6 Å². The number of aromatic amines is 1. The van der Waals surface area contributed by atoms with Crippen LogP contribution in [0, 0.1) is 5.82 Å². The molecular formula is C12H9ClFNO. The summed E-state index contributed by atoms with van der Waals surface area (Å²) in [5.41, 5.74) is 1.74. The van der Waals surface area contributed by atoms with Crippen LogP contribution in [0.4, 0.5) is 4.39 Å². The van der Waals surface area contributed by atoms with Gasteiger partial charge in [-0.05, 0) is 31.4 Å². The van der Waals surface area contributed by atoms with Crippen LogP contribution in [0.15, 0.2) is 16.9 Å². The van der Waals surface area contributed by atoms with Crippen molar-refractivity contribution in [1.82, 2.24) is 4.98 Å². The first kappa shape index (κ1) is 9.85. The summed E-state index contributed by atoms with van der Waals surface area (Å²) in [4.78, 5) is 15.1. The van der Waals surface area contributed by atoms with E-state index in [0.29, 0.717) is 5.02 Å². The maximum Gasteiger partial charge on any atom is 0.194 e. The predicted octanol–water partition coefficient (Wildman–Crippen LogP) is 2.81. The zero-order valence-electron chi connectivity index (χ0n) is 8.44. The van der Waals surface area contributed by atoms with Gasteiger partial charge in [-0.2, -0.15) is 0 Å². The second-order valence-corrected chi connectivity index (χ2v) is 4.45. The Balaban J connectivity index is 2.56. The number of nitrogens with one attached hydrogen (secondary N) is 1. The van der Waals surface area contributed by atoms with Crippen molar-refractivity contribution >= 4 is 22.5 Å². The molecule has 0 atom stereocenters. The standard InChI is InChI=1S/C12H9ClFNO/c13-7-4-5-8(14)11-10(7)12(16)6-2-1-3-9(6)15-11/h4-5H,1-3H2,(H,15,16). The number of benzene rings is 1. The van der Waals surface area contributed by atoms with Crippen molar-refractivity contribution in [2.75, 3.05) is 0 Å². The Hall–Kier alpha value is -1.35. The Kier molecular flexibility index (Phi) is 2.04. The van der Waals surface area contributed by atoms with Crippen LogP contribution in [0.25, 0.3) is 10.9 Å². The van der Waals surface area contributed by atoms with Crippen LogP contribution < -0.4 is 5.43 Å². The van der Waals surface area contributed by atoms with E-state index in [0.717, 1.165) is 30.5 Å². The topological polar surface area (TPSA) is 32.9 Å². The molecule has 1 aliphatic rings. The van der Waals surface area contributed by atoms with Crippen LogP contribution in [-0.4, -0.2) is 4.98 Å². The molecule has 1 N–H and O–H groups in total. The van der Waals surface area contributed by atoms with Gasteiger partial charge in [0.25, 0.3) is 0 Å². The lowest BCUT2D eigenvalue weighted by molar-refractivity contribution is 0.636. The SMILES string of the molecule is O=c1c2c([nH]c3c(F)ccc(Cl)c13)CCC2. The molecule has 0 spiro atoms. The first-order valence-electron chi connectivity index (χ1n) is 5.20. The maximum atomic E-state index is 13.6. The fourth-order valence-electron chi connectivity index (χ4n) is 2.33. The molecule has 1 aliphatic carbocycles. The summed E-state index contributed by atoms with van der Waals surface area (Å²) in [6.45, 7) is 0. The molecule has 1 aromatic carbocycles. The molecule has 3 rings (SSSR count). The van der Waals surface area contributed by atoms with Crippen molar-refractivity contribution in [3.05, 3.63) is 44.5 Å². The average molecular weight is 238 g/mol. The maximum absolute atomic E-state index is 13.6. The molecular weight excluding hydrogens is 229 g/mol. The number of aryl methyl sites for hydroxylation is 1. The van der Waals surface area contributed by atoms with Gasteiger partial charge in [0.1, 0.15) is 5.82 Å². The highest BCUT2D eigenvalue weighted by Crippen LogP contribution is 2.26. The second-order valence-electron chi connectivity index (χ2n) is 4.04. The number of pyridine rings is 1. The number of hydrogen-bond donors (Lipinski definition) is 1. The summed E-state index contributed by atoms with van der Waals surface area (Å²) >= 11 is 5.95. The third-order valence-corrected chi connectivity index (χ3v) is 3.41. The van der Waals surface area contributed by atoms with Crippen LogP contribution in [0.1, 0.15) is 17.7 Å². The van der Waals surface area contributed by atoms with Gasteiger partial charge in [0, 0.05) is 11.3 Å². The molecule has 0 saturated heterocycles. The lowest BCUT2D eigenvalue weighted by Gasteiger charge is -2.05. The molecule has 0 saturated carbocycles. The molecule has 0 fully saturated rings. The molecule has 2 aromatic rings. The van der Waals surface area contributed by atoms with Crippen LogP contribution in [0.3, 0.4) is 0 Å². The summed E-state index contributed by atoms with van der Waals surface area (Å²) in [6.07, 6.45) is 2.51.